The SMILES string of the molecule is COc1c(/C(N)=C/N(C)N)cccc1C(C)C. The van der Waals surface area contributed by atoms with Crippen molar-refractivity contribution >= 4 is 5.70 Å². The van der Waals surface area contributed by atoms with E-state index in [2.05, 4.69) is 13.8 Å². The number of nitrogens with zero attached hydrogens (tertiary/aromatic N) is 1. The molecule has 0 unspecified atom stereocenters. The maximum atomic E-state index is 6.00. The highest BCUT2D eigenvalue weighted by atomic mass is 16.5. The highest BCUT2D eigenvalue weighted by Crippen LogP contribution is 2.32. The summed E-state index contributed by atoms with van der Waals surface area (Å²) in [4.78, 5) is 0. The number of methoxy groups -OCH3 is 1. The van der Waals surface area contributed by atoms with Crippen LogP contribution in [0.5, 0.6) is 5.75 Å². The summed E-state index contributed by atoms with van der Waals surface area (Å²) in [7, 11) is 3.38. The Bertz CT molecular complexity index is 411. The standard InChI is InChI=1S/C13H21N3O/c1-9(2)10-6-5-7-11(13(10)17-4)12(14)8-16(3)15/h5-9H,14-15H2,1-4H3/b12-8-. The number of para-hydroxylation sites is 1. The highest BCUT2D eigenvalue weighted by molar-refractivity contribution is 5.69. The maximum absolute atomic E-state index is 6.00. The van der Waals surface area contributed by atoms with Gasteiger partial charge in [-0.1, -0.05) is 26.0 Å². The van der Waals surface area contributed by atoms with Crippen LogP contribution in [0.1, 0.15) is 30.9 Å². The summed E-state index contributed by atoms with van der Waals surface area (Å²) in [6, 6.07) is 5.96. The van der Waals surface area contributed by atoms with Crippen LogP contribution in [0, 0.1) is 0 Å². The Labute approximate surface area is 103 Å². The summed E-state index contributed by atoms with van der Waals surface area (Å²) in [6.07, 6.45) is 1.67. The number of hydrogen-bond acceptors (Lipinski definition) is 4. The largest absolute Gasteiger partial charge is 0.496 e. The second-order valence-corrected chi connectivity index (χ2v) is 4.33. The summed E-state index contributed by atoms with van der Waals surface area (Å²) in [5.41, 5.74) is 8.60. The van der Waals surface area contributed by atoms with Crippen molar-refractivity contribution in [2.45, 2.75) is 19.8 Å². The Balaban J connectivity index is 3.29. The lowest BCUT2D eigenvalue weighted by Gasteiger charge is -2.17. The number of hydrogen-bond donors (Lipinski definition) is 2. The van der Waals surface area contributed by atoms with Gasteiger partial charge in [0.05, 0.1) is 12.8 Å². The van der Waals surface area contributed by atoms with Crippen molar-refractivity contribution in [2.24, 2.45) is 11.6 Å². The van der Waals surface area contributed by atoms with Crippen molar-refractivity contribution in [3.05, 3.63) is 35.5 Å². The van der Waals surface area contributed by atoms with Crippen LogP contribution in [0.15, 0.2) is 24.4 Å². The fraction of sp³-hybridized carbons (Fsp3) is 0.385. The third kappa shape index (κ3) is 3.14. The summed E-state index contributed by atoms with van der Waals surface area (Å²) < 4.78 is 5.46. The van der Waals surface area contributed by atoms with E-state index in [1.807, 2.05) is 18.2 Å². The van der Waals surface area contributed by atoms with Gasteiger partial charge in [-0.2, -0.15) is 0 Å². The molecule has 0 amide bonds. The van der Waals surface area contributed by atoms with Crippen LogP contribution >= 0.6 is 0 Å². The second-order valence-electron chi connectivity index (χ2n) is 4.33. The molecule has 0 aliphatic heterocycles. The topological polar surface area (TPSA) is 64.5 Å². The van der Waals surface area contributed by atoms with Crippen LogP contribution in [0.3, 0.4) is 0 Å². The van der Waals surface area contributed by atoms with E-state index in [1.54, 1.807) is 20.4 Å². The van der Waals surface area contributed by atoms with Gasteiger partial charge in [0, 0.05) is 18.8 Å². The van der Waals surface area contributed by atoms with Gasteiger partial charge in [0.25, 0.3) is 0 Å². The lowest BCUT2D eigenvalue weighted by Crippen LogP contribution is -2.20. The van der Waals surface area contributed by atoms with E-state index in [1.165, 1.54) is 5.01 Å². The van der Waals surface area contributed by atoms with Crippen molar-refractivity contribution < 1.29 is 4.74 Å². The van der Waals surface area contributed by atoms with Gasteiger partial charge in [0.15, 0.2) is 0 Å². The monoisotopic (exact) mass is 235 g/mol. The third-order valence-electron chi connectivity index (χ3n) is 2.53. The average Bonchev–Trinajstić information content (AvgIpc) is 2.26. The molecule has 0 aromatic heterocycles. The Morgan fingerprint density at radius 1 is 1.41 bits per heavy atom. The molecular weight excluding hydrogens is 214 g/mol. The zero-order valence-electron chi connectivity index (χ0n) is 10.9. The van der Waals surface area contributed by atoms with Gasteiger partial charge in [0.1, 0.15) is 5.75 Å². The van der Waals surface area contributed by atoms with Crippen LogP contribution in [0.4, 0.5) is 0 Å². The van der Waals surface area contributed by atoms with Crippen molar-refractivity contribution in [3.63, 3.8) is 0 Å². The first-order valence-electron chi connectivity index (χ1n) is 5.59. The zero-order chi connectivity index (χ0) is 13.0. The third-order valence-corrected chi connectivity index (χ3v) is 2.53. The molecule has 0 aliphatic rings. The van der Waals surface area contributed by atoms with Crippen LogP contribution in [-0.4, -0.2) is 19.2 Å². The molecule has 0 fully saturated rings. The van der Waals surface area contributed by atoms with E-state index >= 15 is 0 Å². The second kappa shape index (κ2) is 5.59. The van der Waals surface area contributed by atoms with Crippen LogP contribution < -0.4 is 16.3 Å². The minimum Gasteiger partial charge on any atom is -0.496 e. The predicted octanol–water partition coefficient (Wildman–Crippen LogP) is 1.88. The molecule has 0 aliphatic carbocycles. The van der Waals surface area contributed by atoms with E-state index in [0.29, 0.717) is 11.6 Å². The van der Waals surface area contributed by atoms with Gasteiger partial charge in [-0.3, -0.25) is 0 Å². The van der Waals surface area contributed by atoms with E-state index in [-0.39, 0.29) is 0 Å². The minimum atomic E-state index is 0.383. The minimum absolute atomic E-state index is 0.383. The Morgan fingerprint density at radius 2 is 2.06 bits per heavy atom. The summed E-state index contributed by atoms with van der Waals surface area (Å²) in [6.45, 7) is 4.24. The van der Waals surface area contributed by atoms with E-state index in [0.717, 1.165) is 16.9 Å². The van der Waals surface area contributed by atoms with Crippen molar-refractivity contribution in [2.75, 3.05) is 14.2 Å². The first-order valence-corrected chi connectivity index (χ1v) is 5.59. The van der Waals surface area contributed by atoms with Gasteiger partial charge >= 0.3 is 0 Å². The summed E-state index contributed by atoms with van der Waals surface area (Å²) in [5.74, 6) is 6.76. The number of rotatable bonds is 4. The highest BCUT2D eigenvalue weighted by Gasteiger charge is 2.13. The van der Waals surface area contributed by atoms with E-state index in [9.17, 15) is 0 Å². The first-order chi connectivity index (χ1) is 7.97. The number of benzene rings is 1. The first kappa shape index (κ1) is 13.4. The lowest BCUT2D eigenvalue weighted by molar-refractivity contribution is 0.406. The Morgan fingerprint density at radius 3 is 2.53 bits per heavy atom. The Hall–Kier alpha value is -1.68. The molecule has 94 valence electrons. The van der Waals surface area contributed by atoms with Crippen LogP contribution in [0.2, 0.25) is 0 Å². The Kier molecular flexibility index (Phi) is 4.40. The lowest BCUT2D eigenvalue weighted by atomic mass is 9.98. The van der Waals surface area contributed by atoms with Gasteiger partial charge in [-0.05, 0) is 17.5 Å². The van der Waals surface area contributed by atoms with Crippen molar-refractivity contribution in [1.29, 1.82) is 0 Å². The van der Waals surface area contributed by atoms with E-state index < -0.39 is 0 Å². The smallest absolute Gasteiger partial charge is 0.131 e. The summed E-state index contributed by atoms with van der Waals surface area (Å²) >= 11 is 0. The molecule has 4 heteroatoms. The molecule has 4 N–H and O–H groups in total. The number of ether oxygens (including phenoxy) is 1. The van der Waals surface area contributed by atoms with E-state index in [4.69, 9.17) is 16.3 Å². The maximum Gasteiger partial charge on any atom is 0.131 e. The molecule has 1 aromatic rings. The molecule has 1 rings (SSSR count). The average molecular weight is 235 g/mol. The molecule has 17 heavy (non-hydrogen) atoms. The van der Waals surface area contributed by atoms with Gasteiger partial charge in [-0.15, -0.1) is 0 Å². The van der Waals surface area contributed by atoms with Crippen LogP contribution in [0.25, 0.3) is 5.70 Å². The normalized spacial score (nSPS) is 11.8. The molecule has 1 aromatic carbocycles. The quantitative estimate of drug-likeness (QED) is 0.618. The molecule has 0 radical (unpaired) electrons. The fourth-order valence-corrected chi connectivity index (χ4v) is 1.75. The van der Waals surface area contributed by atoms with Gasteiger partial charge < -0.3 is 15.5 Å². The number of hydrazine groups is 1. The molecule has 0 heterocycles. The van der Waals surface area contributed by atoms with Crippen molar-refractivity contribution in [1.82, 2.24) is 5.01 Å². The van der Waals surface area contributed by atoms with Gasteiger partial charge in [0.2, 0.25) is 0 Å². The molecule has 0 saturated carbocycles. The fourth-order valence-electron chi connectivity index (χ4n) is 1.75. The zero-order valence-corrected chi connectivity index (χ0v) is 10.9. The molecule has 0 saturated heterocycles. The molecule has 0 atom stereocenters. The van der Waals surface area contributed by atoms with Gasteiger partial charge in [-0.25, -0.2) is 5.84 Å². The van der Waals surface area contributed by atoms with Crippen molar-refractivity contribution in [3.8, 4) is 5.75 Å². The number of nitrogens with two attached hydrogens (primary N) is 2. The molecular formula is C13H21N3O. The molecule has 0 spiro atoms. The molecule has 0 bridgehead atoms. The van der Waals surface area contributed by atoms with Crippen LogP contribution in [-0.2, 0) is 0 Å². The predicted molar refractivity (Wildman–Crippen MR) is 71.2 cm³/mol. The summed E-state index contributed by atoms with van der Waals surface area (Å²) in [5, 5.41) is 1.43. The molecule has 4 nitrogen and oxygen atoms in total.